The second-order valence-corrected chi connectivity index (χ2v) is 4.96. The van der Waals surface area contributed by atoms with E-state index in [1.54, 1.807) is 7.11 Å². The maximum Gasteiger partial charge on any atom is 0.305 e. The number of hydrogen-bond acceptors (Lipinski definition) is 8. The van der Waals surface area contributed by atoms with Crippen molar-refractivity contribution in [3.05, 3.63) is 0 Å². The van der Waals surface area contributed by atoms with Gasteiger partial charge in [0.25, 0.3) is 0 Å². The van der Waals surface area contributed by atoms with E-state index in [9.17, 15) is 9.59 Å². The van der Waals surface area contributed by atoms with Crippen LogP contribution in [0.25, 0.3) is 0 Å². The number of aliphatic carboxylic acids is 1. The van der Waals surface area contributed by atoms with Gasteiger partial charge in [-0.3, -0.25) is 9.59 Å². The Morgan fingerprint density at radius 1 is 0.808 bits per heavy atom. The number of aliphatic hydroxyl groups is 1. The quantitative estimate of drug-likeness (QED) is 0.279. The van der Waals surface area contributed by atoms with Crippen molar-refractivity contribution in [3.8, 4) is 0 Å². The van der Waals surface area contributed by atoms with E-state index in [1.165, 1.54) is 0 Å². The Hall–Kier alpha value is -1.26. The maximum atomic E-state index is 11.1. The zero-order valence-electron chi connectivity index (χ0n) is 15.9. The molecule has 9 heteroatoms. The van der Waals surface area contributed by atoms with Crippen LogP contribution >= 0.6 is 0 Å². The Kier molecular flexibility index (Phi) is 24.6. The first kappa shape index (κ1) is 27.0. The molecule has 0 fully saturated rings. The second-order valence-electron chi connectivity index (χ2n) is 4.96. The van der Waals surface area contributed by atoms with E-state index >= 15 is 0 Å². The molecule has 0 aliphatic carbocycles. The molecule has 9 nitrogen and oxygen atoms in total. The van der Waals surface area contributed by atoms with Crippen LogP contribution in [0.3, 0.4) is 0 Å². The Labute approximate surface area is 155 Å². The Morgan fingerprint density at radius 3 is 2.00 bits per heavy atom. The highest BCUT2D eigenvalue weighted by Crippen LogP contribution is 2.01. The highest BCUT2D eigenvalue weighted by molar-refractivity contribution is 5.69. The zero-order chi connectivity index (χ0) is 19.9. The summed E-state index contributed by atoms with van der Waals surface area (Å²) < 4.78 is 24.6. The van der Waals surface area contributed by atoms with Crippen molar-refractivity contribution >= 4 is 11.9 Å². The third-order valence-corrected chi connectivity index (χ3v) is 2.76. The molecule has 0 aromatic heterocycles. The smallest absolute Gasteiger partial charge is 0.305 e. The number of rotatable bonds is 17. The monoisotopic (exact) mass is 382 g/mol. The van der Waals surface area contributed by atoms with Crippen molar-refractivity contribution in [3.63, 3.8) is 0 Å². The summed E-state index contributed by atoms with van der Waals surface area (Å²) >= 11 is 0. The lowest BCUT2D eigenvalue weighted by molar-refractivity contribution is -0.146. The molecule has 0 saturated carbocycles. The fourth-order valence-electron chi connectivity index (χ4n) is 1.51. The summed E-state index contributed by atoms with van der Waals surface area (Å²) in [6.07, 6.45) is 1.38. The second kappa shape index (κ2) is 23.7. The van der Waals surface area contributed by atoms with Crippen LogP contribution in [0.1, 0.15) is 32.6 Å². The summed E-state index contributed by atoms with van der Waals surface area (Å²) in [6, 6.07) is 0. The summed E-state index contributed by atoms with van der Waals surface area (Å²) in [5.41, 5.74) is 0. The predicted molar refractivity (Wildman–Crippen MR) is 94.2 cm³/mol. The molecule has 26 heavy (non-hydrogen) atoms. The Bertz CT molecular complexity index is 305. The van der Waals surface area contributed by atoms with Gasteiger partial charge in [0.15, 0.2) is 0 Å². The molecule has 0 aliphatic rings. The number of carboxylic acid groups (broad SMARTS) is 1. The van der Waals surface area contributed by atoms with Crippen LogP contribution < -0.4 is 0 Å². The molecule has 0 bridgehead atoms. The number of esters is 1. The van der Waals surface area contributed by atoms with E-state index in [1.807, 2.05) is 6.92 Å². The van der Waals surface area contributed by atoms with Gasteiger partial charge in [-0.15, -0.1) is 0 Å². The van der Waals surface area contributed by atoms with E-state index in [4.69, 9.17) is 33.9 Å². The van der Waals surface area contributed by atoms with Gasteiger partial charge >= 0.3 is 11.9 Å². The number of carbonyl (C=O) groups is 2. The van der Waals surface area contributed by atoms with Crippen molar-refractivity contribution in [1.82, 2.24) is 0 Å². The van der Waals surface area contributed by atoms with Gasteiger partial charge in [0.2, 0.25) is 0 Å². The third kappa shape index (κ3) is 27.6. The number of methoxy groups -OCH3 is 1. The lowest BCUT2D eigenvalue weighted by atomic mass is 10.2. The first-order valence-electron chi connectivity index (χ1n) is 8.78. The molecular formula is C17H34O9. The Morgan fingerprint density at radius 2 is 1.38 bits per heavy atom. The number of aliphatic hydroxyl groups excluding tert-OH is 1. The van der Waals surface area contributed by atoms with Gasteiger partial charge in [0.1, 0.15) is 6.61 Å². The van der Waals surface area contributed by atoms with Gasteiger partial charge < -0.3 is 33.9 Å². The molecule has 156 valence electrons. The minimum absolute atomic E-state index is 0.0894. The van der Waals surface area contributed by atoms with Gasteiger partial charge in [-0.25, -0.2) is 0 Å². The van der Waals surface area contributed by atoms with Crippen molar-refractivity contribution in [2.24, 2.45) is 0 Å². The molecule has 0 amide bonds. The zero-order valence-corrected chi connectivity index (χ0v) is 15.9. The maximum absolute atomic E-state index is 11.1. The molecule has 0 atom stereocenters. The highest BCUT2D eigenvalue weighted by Gasteiger charge is 2.03. The number of ether oxygens (including phenoxy) is 5. The van der Waals surface area contributed by atoms with Crippen LogP contribution in [0.2, 0.25) is 0 Å². The summed E-state index contributed by atoms with van der Waals surface area (Å²) in [4.78, 5) is 21.3. The van der Waals surface area contributed by atoms with Gasteiger partial charge in [0.05, 0.1) is 46.2 Å². The SMILES string of the molecule is CCOCCOCCO.COCCOCCOC(=O)CCCCC(=O)O. The lowest BCUT2D eigenvalue weighted by Gasteiger charge is -2.05. The molecule has 0 aliphatic heterocycles. The fraction of sp³-hybridized carbons (Fsp3) is 0.882. The van der Waals surface area contributed by atoms with E-state index in [0.717, 1.165) is 6.61 Å². The minimum Gasteiger partial charge on any atom is -0.481 e. The molecule has 0 aromatic carbocycles. The van der Waals surface area contributed by atoms with Crippen LogP contribution in [-0.2, 0) is 33.3 Å². The van der Waals surface area contributed by atoms with Gasteiger partial charge in [-0.1, -0.05) is 0 Å². The topological polar surface area (TPSA) is 121 Å². The lowest BCUT2D eigenvalue weighted by Crippen LogP contribution is -2.12. The number of unbranched alkanes of at least 4 members (excludes halogenated alkanes) is 1. The van der Waals surface area contributed by atoms with Crippen LogP contribution in [-0.4, -0.2) is 88.7 Å². The average molecular weight is 382 g/mol. The van der Waals surface area contributed by atoms with E-state index in [2.05, 4.69) is 0 Å². The summed E-state index contributed by atoms with van der Waals surface area (Å²) in [6.45, 7) is 5.93. The number of carbonyl (C=O) groups excluding carboxylic acids is 1. The number of hydrogen-bond donors (Lipinski definition) is 2. The van der Waals surface area contributed by atoms with Crippen molar-refractivity contribution in [1.29, 1.82) is 0 Å². The molecule has 0 spiro atoms. The minimum atomic E-state index is -0.843. The summed E-state index contributed by atoms with van der Waals surface area (Å²) in [7, 11) is 1.58. The first-order chi connectivity index (χ1) is 12.6. The van der Waals surface area contributed by atoms with E-state index < -0.39 is 5.97 Å². The highest BCUT2D eigenvalue weighted by atomic mass is 16.6. The first-order valence-corrected chi connectivity index (χ1v) is 8.78. The standard InChI is InChI=1S/C11H20O6.C6H14O3/c1-15-6-7-16-8-9-17-11(14)5-3-2-4-10(12)13;1-2-8-5-6-9-4-3-7/h2-9H2,1H3,(H,12,13);7H,2-6H2,1H3. The molecular weight excluding hydrogens is 348 g/mol. The van der Waals surface area contributed by atoms with Crippen molar-refractivity contribution in [2.75, 3.05) is 66.6 Å². The van der Waals surface area contributed by atoms with Gasteiger partial charge in [0, 0.05) is 26.6 Å². The third-order valence-electron chi connectivity index (χ3n) is 2.76. The van der Waals surface area contributed by atoms with E-state index in [0.29, 0.717) is 52.5 Å². The Balaban J connectivity index is 0. The normalized spacial score (nSPS) is 10.1. The number of carboxylic acids is 1. The average Bonchev–Trinajstić information content (AvgIpc) is 2.62. The van der Waals surface area contributed by atoms with Crippen LogP contribution in [0.4, 0.5) is 0 Å². The molecule has 2 N–H and O–H groups in total. The van der Waals surface area contributed by atoms with Crippen LogP contribution in [0, 0.1) is 0 Å². The molecule has 0 radical (unpaired) electrons. The van der Waals surface area contributed by atoms with E-state index in [-0.39, 0.29) is 32.0 Å². The van der Waals surface area contributed by atoms with Gasteiger partial charge in [-0.05, 0) is 19.8 Å². The predicted octanol–water partition coefficient (Wildman–Crippen LogP) is 0.869. The van der Waals surface area contributed by atoms with Crippen LogP contribution in [0.5, 0.6) is 0 Å². The largest absolute Gasteiger partial charge is 0.481 e. The fourth-order valence-corrected chi connectivity index (χ4v) is 1.51. The van der Waals surface area contributed by atoms with Crippen molar-refractivity contribution < 1.29 is 43.5 Å². The summed E-state index contributed by atoms with van der Waals surface area (Å²) in [5.74, 6) is -1.16. The van der Waals surface area contributed by atoms with Crippen LogP contribution in [0.15, 0.2) is 0 Å². The summed E-state index contributed by atoms with van der Waals surface area (Å²) in [5, 5.41) is 16.6. The molecule has 0 rings (SSSR count). The molecule has 0 unspecified atom stereocenters. The molecule has 0 aromatic rings. The molecule has 0 saturated heterocycles. The molecule has 0 heterocycles. The van der Waals surface area contributed by atoms with Crippen molar-refractivity contribution in [2.45, 2.75) is 32.6 Å². The van der Waals surface area contributed by atoms with Gasteiger partial charge in [-0.2, -0.15) is 0 Å².